The summed E-state index contributed by atoms with van der Waals surface area (Å²) < 4.78 is 0. The average molecular weight is 265 g/mol. The molecule has 1 heterocycles. The SMILES string of the molecule is CCNC(=O)CCNC(=O)c1ccc(NCC)nn1. The second kappa shape index (κ2) is 8.02. The molecule has 0 spiro atoms. The zero-order valence-corrected chi connectivity index (χ0v) is 11.2. The van der Waals surface area contributed by atoms with E-state index >= 15 is 0 Å². The third-order valence-electron chi connectivity index (χ3n) is 2.27. The summed E-state index contributed by atoms with van der Waals surface area (Å²) in [5.74, 6) is 0.206. The lowest BCUT2D eigenvalue weighted by molar-refractivity contribution is -0.120. The lowest BCUT2D eigenvalue weighted by atomic mass is 10.3. The summed E-state index contributed by atoms with van der Waals surface area (Å²) in [5.41, 5.74) is 0.234. The molecule has 1 aromatic heterocycles. The number of carbonyl (C=O) groups excluding carboxylic acids is 2. The molecule has 0 bridgehead atoms. The summed E-state index contributed by atoms with van der Waals surface area (Å²) in [5, 5.41) is 15.9. The molecular weight excluding hydrogens is 246 g/mol. The van der Waals surface area contributed by atoms with Gasteiger partial charge in [-0.2, -0.15) is 0 Å². The zero-order valence-electron chi connectivity index (χ0n) is 11.2. The van der Waals surface area contributed by atoms with E-state index in [1.54, 1.807) is 12.1 Å². The Kier molecular flexibility index (Phi) is 6.28. The minimum atomic E-state index is -0.333. The normalized spacial score (nSPS) is 9.79. The topological polar surface area (TPSA) is 96.0 Å². The Bertz CT molecular complexity index is 419. The van der Waals surface area contributed by atoms with Crippen LogP contribution in [0, 0.1) is 0 Å². The van der Waals surface area contributed by atoms with E-state index < -0.39 is 0 Å². The highest BCUT2D eigenvalue weighted by Crippen LogP contribution is 2.01. The average Bonchev–Trinajstić information content (AvgIpc) is 2.40. The van der Waals surface area contributed by atoms with Crippen molar-refractivity contribution < 1.29 is 9.59 Å². The smallest absolute Gasteiger partial charge is 0.271 e. The largest absolute Gasteiger partial charge is 0.369 e. The maximum absolute atomic E-state index is 11.7. The van der Waals surface area contributed by atoms with Crippen molar-refractivity contribution in [3.8, 4) is 0 Å². The number of nitrogens with zero attached hydrogens (tertiary/aromatic N) is 2. The predicted molar refractivity (Wildman–Crippen MR) is 71.8 cm³/mol. The molecule has 7 nitrogen and oxygen atoms in total. The quantitative estimate of drug-likeness (QED) is 0.653. The first-order chi connectivity index (χ1) is 9.17. The van der Waals surface area contributed by atoms with E-state index in [-0.39, 0.29) is 30.5 Å². The predicted octanol–water partition coefficient (Wildman–Crippen LogP) is 0.164. The van der Waals surface area contributed by atoms with Gasteiger partial charge >= 0.3 is 0 Å². The summed E-state index contributed by atoms with van der Waals surface area (Å²) in [6, 6.07) is 3.28. The first kappa shape index (κ1) is 14.9. The zero-order chi connectivity index (χ0) is 14.1. The van der Waals surface area contributed by atoms with Crippen LogP contribution in [0.5, 0.6) is 0 Å². The molecule has 0 aliphatic rings. The van der Waals surface area contributed by atoms with Crippen molar-refractivity contribution in [3.05, 3.63) is 17.8 Å². The van der Waals surface area contributed by atoms with Crippen LogP contribution in [-0.2, 0) is 4.79 Å². The fourth-order valence-corrected chi connectivity index (χ4v) is 1.39. The number of carbonyl (C=O) groups is 2. The van der Waals surface area contributed by atoms with Crippen molar-refractivity contribution in [1.82, 2.24) is 20.8 Å². The summed E-state index contributed by atoms with van der Waals surface area (Å²) in [6.07, 6.45) is 0.252. The van der Waals surface area contributed by atoms with Crippen LogP contribution in [0.3, 0.4) is 0 Å². The van der Waals surface area contributed by atoms with Gasteiger partial charge in [0, 0.05) is 26.1 Å². The van der Waals surface area contributed by atoms with Gasteiger partial charge in [-0.15, -0.1) is 10.2 Å². The van der Waals surface area contributed by atoms with Crippen LogP contribution in [-0.4, -0.2) is 41.6 Å². The maximum Gasteiger partial charge on any atom is 0.271 e. The third kappa shape index (κ3) is 5.33. The minimum absolute atomic E-state index is 0.0867. The van der Waals surface area contributed by atoms with E-state index in [1.807, 2.05) is 13.8 Å². The Labute approximate surface area is 112 Å². The molecule has 0 atom stereocenters. The van der Waals surface area contributed by atoms with Crippen LogP contribution in [0.2, 0.25) is 0 Å². The molecule has 3 N–H and O–H groups in total. The lowest BCUT2D eigenvalue weighted by Crippen LogP contribution is -2.31. The molecular formula is C12H19N5O2. The molecule has 19 heavy (non-hydrogen) atoms. The summed E-state index contributed by atoms with van der Waals surface area (Å²) in [4.78, 5) is 22.9. The second-order valence-electron chi connectivity index (χ2n) is 3.79. The highest BCUT2D eigenvalue weighted by atomic mass is 16.2. The molecule has 1 rings (SSSR count). The second-order valence-corrected chi connectivity index (χ2v) is 3.79. The van der Waals surface area contributed by atoms with Crippen molar-refractivity contribution in [2.45, 2.75) is 20.3 Å². The highest BCUT2D eigenvalue weighted by Gasteiger charge is 2.08. The molecule has 0 saturated carbocycles. The van der Waals surface area contributed by atoms with Gasteiger partial charge in [-0.25, -0.2) is 0 Å². The van der Waals surface area contributed by atoms with Gasteiger partial charge < -0.3 is 16.0 Å². The standard InChI is InChI=1S/C12H19N5O2/c1-3-13-10-6-5-9(16-17-10)12(19)15-8-7-11(18)14-4-2/h5-6H,3-4,7-8H2,1-2H3,(H,13,17)(H,14,18)(H,15,19). The Morgan fingerprint density at radius 3 is 2.47 bits per heavy atom. The monoisotopic (exact) mass is 265 g/mol. The van der Waals surface area contributed by atoms with E-state index in [0.717, 1.165) is 6.54 Å². The molecule has 0 saturated heterocycles. The van der Waals surface area contributed by atoms with E-state index in [4.69, 9.17) is 0 Å². The van der Waals surface area contributed by atoms with E-state index in [1.165, 1.54) is 0 Å². The van der Waals surface area contributed by atoms with E-state index in [2.05, 4.69) is 26.1 Å². The fourth-order valence-electron chi connectivity index (χ4n) is 1.39. The van der Waals surface area contributed by atoms with Crippen LogP contribution in [0.1, 0.15) is 30.8 Å². The molecule has 0 aliphatic heterocycles. The van der Waals surface area contributed by atoms with Crippen LogP contribution in [0.4, 0.5) is 5.82 Å². The number of hydrogen-bond donors (Lipinski definition) is 3. The van der Waals surface area contributed by atoms with Gasteiger partial charge in [-0.3, -0.25) is 9.59 Å². The number of amides is 2. The molecule has 7 heteroatoms. The number of hydrogen-bond acceptors (Lipinski definition) is 5. The molecule has 104 valence electrons. The van der Waals surface area contributed by atoms with Crippen molar-refractivity contribution >= 4 is 17.6 Å². The minimum Gasteiger partial charge on any atom is -0.369 e. The first-order valence-electron chi connectivity index (χ1n) is 6.29. The van der Waals surface area contributed by atoms with Crippen molar-refractivity contribution in [1.29, 1.82) is 0 Å². The Morgan fingerprint density at radius 1 is 1.11 bits per heavy atom. The van der Waals surface area contributed by atoms with Gasteiger partial charge in [0.25, 0.3) is 5.91 Å². The molecule has 0 fully saturated rings. The van der Waals surface area contributed by atoms with Crippen LogP contribution in [0.25, 0.3) is 0 Å². The van der Waals surface area contributed by atoms with E-state index in [9.17, 15) is 9.59 Å². The van der Waals surface area contributed by atoms with Gasteiger partial charge in [0.2, 0.25) is 5.91 Å². The summed E-state index contributed by atoms with van der Waals surface area (Å²) in [7, 11) is 0. The van der Waals surface area contributed by atoms with Gasteiger partial charge in [0.1, 0.15) is 5.82 Å². The van der Waals surface area contributed by atoms with Gasteiger partial charge in [-0.1, -0.05) is 0 Å². The van der Waals surface area contributed by atoms with Gasteiger partial charge in [0.15, 0.2) is 5.69 Å². The first-order valence-corrected chi connectivity index (χ1v) is 6.29. The van der Waals surface area contributed by atoms with Gasteiger partial charge in [-0.05, 0) is 26.0 Å². The van der Waals surface area contributed by atoms with Crippen molar-refractivity contribution in [2.24, 2.45) is 0 Å². The number of aromatic nitrogens is 2. The Hall–Kier alpha value is -2.18. The van der Waals surface area contributed by atoms with Crippen LogP contribution in [0.15, 0.2) is 12.1 Å². The Balaban J connectivity index is 2.38. The number of anilines is 1. The van der Waals surface area contributed by atoms with Crippen LogP contribution >= 0.6 is 0 Å². The molecule has 0 unspecified atom stereocenters. The van der Waals surface area contributed by atoms with Gasteiger partial charge in [0.05, 0.1) is 0 Å². The summed E-state index contributed by atoms with van der Waals surface area (Å²) in [6.45, 7) is 5.40. The van der Waals surface area contributed by atoms with Crippen molar-refractivity contribution in [2.75, 3.05) is 25.0 Å². The molecule has 0 aromatic carbocycles. The Morgan fingerprint density at radius 2 is 1.89 bits per heavy atom. The highest BCUT2D eigenvalue weighted by molar-refractivity contribution is 5.92. The third-order valence-corrected chi connectivity index (χ3v) is 2.27. The lowest BCUT2D eigenvalue weighted by Gasteiger charge is -2.05. The van der Waals surface area contributed by atoms with Crippen LogP contribution < -0.4 is 16.0 Å². The molecule has 0 aliphatic carbocycles. The molecule has 2 amide bonds. The molecule has 0 radical (unpaired) electrons. The van der Waals surface area contributed by atoms with E-state index in [0.29, 0.717) is 12.4 Å². The number of rotatable bonds is 7. The maximum atomic E-state index is 11.7. The fraction of sp³-hybridized carbons (Fsp3) is 0.500. The van der Waals surface area contributed by atoms with Crippen molar-refractivity contribution in [3.63, 3.8) is 0 Å². The number of nitrogens with one attached hydrogen (secondary N) is 3. The summed E-state index contributed by atoms with van der Waals surface area (Å²) >= 11 is 0. The molecule has 1 aromatic rings.